The van der Waals surface area contributed by atoms with E-state index in [4.69, 9.17) is 5.11 Å². The van der Waals surface area contributed by atoms with E-state index < -0.39 is 5.97 Å². The number of carboxylic acids is 1. The number of anilines is 1. The topological polar surface area (TPSA) is 66.4 Å². The Morgan fingerprint density at radius 1 is 1.00 bits per heavy atom. The highest BCUT2D eigenvalue weighted by Gasteiger charge is 2.19. The number of benzene rings is 1. The average Bonchev–Trinajstić information content (AvgIpc) is 2.40. The quantitative estimate of drug-likeness (QED) is 0.889. The van der Waals surface area contributed by atoms with Gasteiger partial charge in [-0.3, -0.25) is 9.59 Å². The molecule has 0 saturated heterocycles. The smallest absolute Gasteiger partial charge is 0.307 e. The Morgan fingerprint density at radius 3 is 2.14 bits per heavy atom. The minimum absolute atomic E-state index is 0.0108. The van der Waals surface area contributed by atoms with Crippen LogP contribution in [-0.4, -0.2) is 17.0 Å². The van der Waals surface area contributed by atoms with E-state index in [0.29, 0.717) is 0 Å². The molecule has 2 N–H and O–H groups in total. The maximum absolute atomic E-state index is 12.3. The van der Waals surface area contributed by atoms with Crippen LogP contribution < -0.4 is 5.32 Å². The van der Waals surface area contributed by atoms with Crippen molar-refractivity contribution < 1.29 is 14.7 Å². The summed E-state index contributed by atoms with van der Waals surface area (Å²) in [5.41, 5.74) is 1.49. The van der Waals surface area contributed by atoms with E-state index in [0.717, 1.165) is 36.9 Å². The van der Waals surface area contributed by atoms with E-state index in [-0.39, 0.29) is 18.2 Å². The third-order valence-corrected chi connectivity index (χ3v) is 4.05. The third kappa shape index (κ3) is 5.21. The third-order valence-electron chi connectivity index (χ3n) is 4.05. The van der Waals surface area contributed by atoms with Crippen LogP contribution in [0.2, 0.25) is 0 Å². The average molecular weight is 289 g/mol. The zero-order valence-electron chi connectivity index (χ0n) is 12.3. The zero-order valence-corrected chi connectivity index (χ0v) is 12.3. The molecular formula is C17H23NO3. The van der Waals surface area contributed by atoms with E-state index in [9.17, 15) is 9.59 Å². The number of carbonyl (C=O) groups is 2. The van der Waals surface area contributed by atoms with Crippen LogP contribution in [0.25, 0.3) is 0 Å². The molecule has 0 radical (unpaired) electrons. The molecule has 4 nitrogen and oxygen atoms in total. The van der Waals surface area contributed by atoms with Gasteiger partial charge in [0.05, 0.1) is 6.42 Å². The standard InChI is InChI=1S/C17H23NO3/c19-16(20)12-13-8-10-15(11-9-13)18-17(21)14-6-4-2-1-3-5-7-14/h8-11,14H,1-7,12H2,(H,18,21)(H,19,20). The maximum atomic E-state index is 12.3. The predicted octanol–water partition coefficient (Wildman–Crippen LogP) is 3.61. The van der Waals surface area contributed by atoms with Crippen molar-refractivity contribution in [2.45, 2.75) is 51.4 Å². The molecule has 0 atom stereocenters. The van der Waals surface area contributed by atoms with Crippen LogP contribution in [0.1, 0.15) is 50.5 Å². The van der Waals surface area contributed by atoms with Gasteiger partial charge in [-0.05, 0) is 30.5 Å². The molecule has 1 aromatic carbocycles. The van der Waals surface area contributed by atoms with Crippen molar-refractivity contribution in [3.8, 4) is 0 Å². The normalized spacial score (nSPS) is 16.8. The lowest BCUT2D eigenvalue weighted by Crippen LogP contribution is -2.23. The molecule has 1 fully saturated rings. The van der Waals surface area contributed by atoms with Gasteiger partial charge >= 0.3 is 5.97 Å². The first-order chi connectivity index (χ1) is 10.1. The van der Waals surface area contributed by atoms with E-state index in [1.54, 1.807) is 24.3 Å². The molecule has 4 heteroatoms. The van der Waals surface area contributed by atoms with Crippen molar-refractivity contribution in [3.05, 3.63) is 29.8 Å². The summed E-state index contributed by atoms with van der Waals surface area (Å²) in [6.45, 7) is 0. The van der Waals surface area contributed by atoms with Gasteiger partial charge in [-0.25, -0.2) is 0 Å². The summed E-state index contributed by atoms with van der Waals surface area (Å²) in [5, 5.41) is 11.7. The fraction of sp³-hybridized carbons (Fsp3) is 0.529. The van der Waals surface area contributed by atoms with E-state index in [2.05, 4.69) is 5.32 Å². The molecule has 1 aromatic rings. The summed E-state index contributed by atoms with van der Waals surface area (Å²) in [6, 6.07) is 7.06. The largest absolute Gasteiger partial charge is 0.481 e. The summed E-state index contributed by atoms with van der Waals surface area (Å²) in [6.07, 6.45) is 7.98. The molecule has 2 rings (SSSR count). The first-order valence-electron chi connectivity index (χ1n) is 7.77. The van der Waals surface area contributed by atoms with Crippen LogP contribution in [-0.2, 0) is 16.0 Å². The molecule has 1 saturated carbocycles. The minimum atomic E-state index is -0.846. The summed E-state index contributed by atoms with van der Waals surface area (Å²) in [5.74, 6) is -0.631. The van der Waals surface area contributed by atoms with E-state index in [1.807, 2.05) is 0 Å². The first kappa shape index (κ1) is 15.5. The van der Waals surface area contributed by atoms with Gasteiger partial charge < -0.3 is 10.4 Å². The SMILES string of the molecule is O=C(O)Cc1ccc(NC(=O)C2CCCCCCC2)cc1. The Hall–Kier alpha value is -1.84. The van der Waals surface area contributed by atoms with Gasteiger partial charge in [0, 0.05) is 11.6 Å². The molecule has 0 aliphatic heterocycles. The number of hydrogen-bond acceptors (Lipinski definition) is 2. The molecule has 21 heavy (non-hydrogen) atoms. The fourth-order valence-corrected chi connectivity index (χ4v) is 2.84. The Bertz CT molecular complexity index is 473. The Balaban J connectivity index is 1.90. The molecule has 0 heterocycles. The zero-order chi connectivity index (χ0) is 15.1. The Morgan fingerprint density at radius 2 is 1.57 bits per heavy atom. The lowest BCUT2D eigenvalue weighted by Gasteiger charge is -2.19. The molecule has 0 bridgehead atoms. The van der Waals surface area contributed by atoms with Gasteiger partial charge in [0.25, 0.3) is 0 Å². The van der Waals surface area contributed by atoms with Crippen molar-refractivity contribution in [1.82, 2.24) is 0 Å². The molecular weight excluding hydrogens is 266 g/mol. The minimum Gasteiger partial charge on any atom is -0.481 e. The van der Waals surface area contributed by atoms with Crippen LogP contribution in [0.4, 0.5) is 5.69 Å². The number of aliphatic carboxylic acids is 1. The number of nitrogens with one attached hydrogen (secondary N) is 1. The Kier molecular flexibility index (Phi) is 5.78. The van der Waals surface area contributed by atoms with Crippen molar-refractivity contribution >= 4 is 17.6 Å². The molecule has 1 amide bonds. The van der Waals surface area contributed by atoms with Crippen LogP contribution in [0.15, 0.2) is 24.3 Å². The lowest BCUT2D eigenvalue weighted by atomic mass is 9.90. The van der Waals surface area contributed by atoms with Crippen LogP contribution in [0, 0.1) is 5.92 Å². The van der Waals surface area contributed by atoms with Crippen molar-refractivity contribution in [1.29, 1.82) is 0 Å². The predicted molar refractivity (Wildman–Crippen MR) is 82.2 cm³/mol. The maximum Gasteiger partial charge on any atom is 0.307 e. The summed E-state index contributed by atoms with van der Waals surface area (Å²) in [4.78, 5) is 22.9. The van der Waals surface area contributed by atoms with Crippen LogP contribution >= 0.6 is 0 Å². The highest BCUT2D eigenvalue weighted by Crippen LogP contribution is 2.23. The number of carboxylic acid groups (broad SMARTS) is 1. The first-order valence-corrected chi connectivity index (χ1v) is 7.77. The van der Waals surface area contributed by atoms with Crippen molar-refractivity contribution in [2.24, 2.45) is 5.92 Å². The summed E-state index contributed by atoms with van der Waals surface area (Å²) in [7, 11) is 0. The molecule has 0 aromatic heterocycles. The Labute approximate surface area is 125 Å². The monoisotopic (exact) mass is 289 g/mol. The van der Waals surface area contributed by atoms with Crippen LogP contribution in [0.5, 0.6) is 0 Å². The number of hydrogen-bond donors (Lipinski definition) is 2. The van der Waals surface area contributed by atoms with Gasteiger partial charge in [-0.15, -0.1) is 0 Å². The van der Waals surface area contributed by atoms with Gasteiger partial charge in [0.2, 0.25) is 5.91 Å². The highest BCUT2D eigenvalue weighted by atomic mass is 16.4. The van der Waals surface area contributed by atoms with Gasteiger partial charge in [-0.1, -0.05) is 44.2 Å². The highest BCUT2D eigenvalue weighted by molar-refractivity contribution is 5.92. The van der Waals surface area contributed by atoms with Crippen molar-refractivity contribution in [3.63, 3.8) is 0 Å². The summed E-state index contributed by atoms with van der Waals surface area (Å²) >= 11 is 0. The van der Waals surface area contributed by atoms with Crippen LogP contribution in [0.3, 0.4) is 0 Å². The van der Waals surface area contributed by atoms with Gasteiger partial charge in [-0.2, -0.15) is 0 Å². The van der Waals surface area contributed by atoms with Crippen molar-refractivity contribution in [2.75, 3.05) is 5.32 Å². The second-order valence-corrected chi connectivity index (χ2v) is 5.80. The second kappa shape index (κ2) is 7.81. The number of amides is 1. The second-order valence-electron chi connectivity index (χ2n) is 5.80. The molecule has 1 aliphatic carbocycles. The fourth-order valence-electron chi connectivity index (χ4n) is 2.84. The summed E-state index contributed by atoms with van der Waals surface area (Å²) < 4.78 is 0. The molecule has 114 valence electrons. The van der Waals surface area contributed by atoms with E-state index in [1.165, 1.54) is 19.3 Å². The van der Waals surface area contributed by atoms with Gasteiger partial charge in [0.15, 0.2) is 0 Å². The number of carbonyl (C=O) groups excluding carboxylic acids is 1. The van der Waals surface area contributed by atoms with E-state index >= 15 is 0 Å². The lowest BCUT2D eigenvalue weighted by molar-refractivity contribution is -0.136. The molecule has 0 unspecified atom stereocenters. The molecule has 0 spiro atoms. The van der Waals surface area contributed by atoms with Gasteiger partial charge in [0.1, 0.15) is 0 Å². The number of rotatable bonds is 4. The molecule has 1 aliphatic rings.